The largest absolute Gasteiger partial charge is 0.319 e. The van der Waals surface area contributed by atoms with Crippen molar-refractivity contribution in [3.63, 3.8) is 0 Å². The number of halogens is 1. The van der Waals surface area contributed by atoms with Crippen LogP contribution in [0.4, 0.5) is 0 Å². The van der Waals surface area contributed by atoms with Crippen LogP contribution in [0.2, 0.25) is 0 Å². The zero-order valence-electron chi connectivity index (χ0n) is 8.90. The number of nitrogens with one attached hydrogen (secondary N) is 1. The molecule has 0 amide bonds. The van der Waals surface area contributed by atoms with E-state index in [1.807, 2.05) is 25.2 Å². The van der Waals surface area contributed by atoms with Gasteiger partial charge in [-0.1, -0.05) is 39.4 Å². The summed E-state index contributed by atoms with van der Waals surface area (Å²) in [6.45, 7) is 0.938. The van der Waals surface area contributed by atoms with Gasteiger partial charge in [0.05, 0.1) is 0 Å². The number of likely N-dealkylation sites (N-methyl/N-ethyl adjacent to an activating group) is 1. The molecule has 0 saturated heterocycles. The van der Waals surface area contributed by atoms with Crippen LogP contribution in [-0.4, -0.2) is 23.8 Å². The molecule has 0 atom stereocenters. The SMILES string of the molecule is CNCCc1nnc(-c2cccc(Br)c2)s1. The van der Waals surface area contributed by atoms with Gasteiger partial charge in [-0.25, -0.2) is 0 Å². The topological polar surface area (TPSA) is 37.8 Å². The van der Waals surface area contributed by atoms with Crippen molar-refractivity contribution in [1.29, 1.82) is 0 Å². The second-order valence-electron chi connectivity index (χ2n) is 3.36. The fraction of sp³-hybridized carbons (Fsp3) is 0.273. The third-order valence-corrected chi connectivity index (χ3v) is 3.65. The van der Waals surface area contributed by atoms with E-state index in [-0.39, 0.29) is 0 Å². The molecular formula is C11H12BrN3S. The number of hydrogen-bond acceptors (Lipinski definition) is 4. The van der Waals surface area contributed by atoms with Gasteiger partial charge in [0, 0.05) is 23.0 Å². The van der Waals surface area contributed by atoms with Gasteiger partial charge in [0.2, 0.25) is 0 Å². The summed E-state index contributed by atoms with van der Waals surface area (Å²) in [4.78, 5) is 0. The Balaban J connectivity index is 2.18. The lowest BCUT2D eigenvalue weighted by Gasteiger charge is -1.95. The van der Waals surface area contributed by atoms with Crippen LogP contribution >= 0.6 is 27.3 Å². The summed E-state index contributed by atoms with van der Waals surface area (Å²) >= 11 is 5.11. The lowest BCUT2D eigenvalue weighted by atomic mass is 10.2. The van der Waals surface area contributed by atoms with Gasteiger partial charge in [-0.3, -0.25) is 0 Å². The van der Waals surface area contributed by atoms with Crippen molar-refractivity contribution in [3.05, 3.63) is 33.7 Å². The van der Waals surface area contributed by atoms with Crippen LogP contribution in [0, 0.1) is 0 Å². The highest BCUT2D eigenvalue weighted by Gasteiger charge is 2.06. The molecule has 0 unspecified atom stereocenters. The van der Waals surface area contributed by atoms with Crippen molar-refractivity contribution in [2.45, 2.75) is 6.42 Å². The van der Waals surface area contributed by atoms with Crippen molar-refractivity contribution >= 4 is 27.3 Å². The molecule has 2 aromatic rings. The molecule has 5 heteroatoms. The Morgan fingerprint density at radius 2 is 2.25 bits per heavy atom. The summed E-state index contributed by atoms with van der Waals surface area (Å²) in [6.07, 6.45) is 0.933. The molecule has 0 aliphatic carbocycles. The summed E-state index contributed by atoms with van der Waals surface area (Å²) in [6, 6.07) is 8.12. The summed E-state index contributed by atoms with van der Waals surface area (Å²) in [5.74, 6) is 0. The Morgan fingerprint density at radius 3 is 3.00 bits per heavy atom. The molecule has 84 valence electrons. The summed E-state index contributed by atoms with van der Waals surface area (Å²) < 4.78 is 1.07. The minimum absolute atomic E-state index is 0.933. The van der Waals surface area contributed by atoms with E-state index in [4.69, 9.17) is 0 Å². The average molecular weight is 298 g/mol. The average Bonchev–Trinajstić information content (AvgIpc) is 2.75. The highest BCUT2D eigenvalue weighted by molar-refractivity contribution is 9.10. The molecule has 16 heavy (non-hydrogen) atoms. The quantitative estimate of drug-likeness (QED) is 0.943. The summed E-state index contributed by atoms with van der Waals surface area (Å²) in [5, 5.41) is 13.5. The molecule has 0 aliphatic rings. The van der Waals surface area contributed by atoms with Crippen LogP contribution < -0.4 is 5.32 Å². The third-order valence-electron chi connectivity index (χ3n) is 2.13. The van der Waals surface area contributed by atoms with Crippen molar-refractivity contribution in [3.8, 4) is 10.6 Å². The van der Waals surface area contributed by atoms with E-state index < -0.39 is 0 Å². The van der Waals surface area contributed by atoms with Gasteiger partial charge in [-0.2, -0.15) is 0 Å². The first-order valence-corrected chi connectivity index (χ1v) is 6.63. The molecule has 2 rings (SSSR count). The van der Waals surface area contributed by atoms with E-state index >= 15 is 0 Å². The number of aromatic nitrogens is 2. The van der Waals surface area contributed by atoms with E-state index in [9.17, 15) is 0 Å². The summed E-state index contributed by atoms with van der Waals surface area (Å²) in [7, 11) is 1.94. The van der Waals surface area contributed by atoms with E-state index in [0.29, 0.717) is 0 Å². The number of hydrogen-bond donors (Lipinski definition) is 1. The predicted octanol–water partition coefficient (Wildman–Crippen LogP) is 2.73. The van der Waals surface area contributed by atoms with Crippen LogP contribution in [0.5, 0.6) is 0 Å². The second kappa shape index (κ2) is 5.52. The number of benzene rings is 1. The Hall–Kier alpha value is -0.780. The van der Waals surface area contributed by atoms with Crippen LogP contribution in [0.3, 0.4) is 0 Å². The fourth-order valence-electron chi connectivity index (χ4n) is 1.32. The first-order valence-electron chi connectivity index (χ1n) is 5.02. The van der Waals surface area contributed by atoms with Crippen LogP contribution in [0.25, 0.3) is 10.6 Å². The highest BCUT2D eigenvalue weighted by Crippen LogP contribution is 2.25. The molecule has 1 heterocycles. The van der Waals surface area contributed by atoms with Gasteiger partial charge in [-0.15, -0.1) is 10.2 Å². The first kappa shape index (κ1) is 11.7. The van der Waals surface area contributed by atoms with E-state index in [0.717, 1.165) is 33.0 Å². The summed E-state index contributed by atoms with van der Waals surface area (Å²) in [5.41, 5.74) is 1.11. The molecule has 0 spiro atoms. The standard InChI is InChI=1S/C11H12BrN3S/c1-13-6-5-10-14-15-11(16-10)8-3-2-4-9(12)7-8/h2-4,7,13H,5-6H2,1H3. The van der Waals surface area contributed by atoms with E-state index in [1.165, 1.54) is 0 Å². The molecule has 0 radical (unpaired) electrons. The Bertz CT molecular complexity index is 470. The molecule has 0 saturated carbocycles. The minimum Gasteiger partial charge on any atom is -0.319 e. The normalized spacial score (nSPS) is 10.6. The molecule has 1 N–H and O–H groups in total. The Morgan fingerprint density at radius 1 is 1.38 bits per heavy atom. The van der Waals surface area contributed by atoms with Gasteiger partial charge in [0.15, 0.2) is 0 Å². The Labute approximate surface area is 107 Å². The van der Waals surface area contributed by atoms with Crippen LogP contribution in [-0.2, 0) is 6.42 Å². The maximum Gasteiger partial charge on any atom is 0.147 e. The molecule has 1 aromatic heterocycles. The zero-order valence-corrected chi connectivity index (χ0v) is 11.3. The van der Waals surface area contributed by atoms with E-state index in [1.54, 1.807) is 11.3 Å². The molecular weight excluding hydrogens is 286 g/mol. The molecule has 0 aliphatic heterocycles. The smallest absolute Gasteiger partial charge is 0.147 e. The van der Waals surface area contributed by atoms with Gasteiger partial charge in [-0.05, 0) is 19.2 Å². The maximum atomic E-state index is 4.20. The van der Waals surface area contributed by atoms with Crippen molar-refractivity contribution in [1.82, 2.24) is 15.5 Å². The number of nitrogens with zero attached hydrogens (tertiary/aromatic N) is 2. The first-order chi connectivity index (χ1) is 7.79. The van der Waals surface area contributed by atoms with Crippen LogP contribution in [0.1, 0.15) is 5.01 Å². The zero-order chi connectivity index (χ0) is 11.4. The van der Waals surface area contributed by atoms with Gasteiger partial charge in [0.1, 0.15) is 10.0 Å². The molecule has 1 aromatic carbocycles. The minimum atomic E-state index is 0.933. The van der Waals surface area contributed by atoms with Crippen molar-refractivity contribution < 1.29 is 0 Å². The maximum absolute atomic E-state index is 4.20. The monoisotopic (exact) mass is 297 g/mol. The second-order valence-corrected chi connectivity index (χ2v) is 5.34. The molecule has 0 bridgehead atoms. The number of rotatable bonds is 4. The van der Waals surface area contributed by atoms with Gasteiger partial charge >= 0.3 is 0 Å². The molecule has 3 nitrogen and oxygen atoms in total. The van der Waals surface area contributed by atoms with Crippen LogP contribution in [0.15, 0.2) is 28.7 Å². The highest BCUT2D eigenvalue weighted by atomic mass is 79.9. The predicted molar refractivity (Wildman–Crippen MR) is 70.7 cm³/mol. The Kier molecular flexibility index (Phi) is 4.04. The van der Waals surface area contributed by atoms with E-state index in [2.05, 4.69) is 37.5 Å². The lowest BCUT2D eigenvalue weighted by Crippen LogP contribution is -2.09. The van der Waals surface area contributed by atoms with Gasteiger partial charge in [0.25, 0.3) is 0 Å². The van der Waals surface area contributed by atoms with Gasteiger partial charge < -0.3 is 5.32 Å². The lowest BCUT2D eigenvalue weighted by molar-refractivity contribution is 0.779. The van der Waals surface area contributed by atoms with Crippen molar-refractivity contribution in [2.75, 3.05) is 13.6 Å². The van der Waals surface area contributed by atoms with Crippen molar-refractivity contribution in [2.24, 2.45) is 0 Å². The third kappa shape index (κ3) is 2.87. The fourth-order valence-corrected chi connectivity index (χ4v) is 2.56. The molecule has 0 fully saturated rings.